The van der Waals surface area contributed by atoms with E-state index in [0.29, 0.717) is 18.3 Å². The zero-order chi connectivity index (χ0) is 16.1. The van der Waals surface area contributed by atoms with Crippen molar-refractivity contribution in [2.45, 2.75) is 13.1 Å². The number of hydrogen-bond donors (Lipinski definition) is 0. The fourth-order valence-corrected chi connectivity index (χ4v) is 2.30. The summed E-state index contributed by atoms with van der Waals surface area (Å²) in [5.41, 5.74) is 2.01. The molecule has 0 fully saturated rings. The van der Waals surface area contributed by atoms with Gasteiger partial charge in [0.15, 0.2) is 0 Å². The number of aromatic nitrogens is 3. The average Bonchev–Trinajstić information content (AvgIpc) is 3.04. The number of methoxy groups -OCH3 is 1. The second kappa shape index (κ2) is 7.02. The van der Waals surface area contributed by atoms with E-state index in [4.69, 9.17) is 9.26 Å². The summed E-state index contributed by atoms with van der Waals surface area (Å²) >= 11 is 0. The molecule has 0 aliphatic heterocycles. The molecule has 2 aromatic heterocycles. The molecule has 0 atom stereocenters. The van der Waals surface area contributed by atoms with Gasteiger partial charge in [0.05, 0.1) is 13.7 Å². The van der Waals surface area contributed by atoms with Gasteiger partial charge in [-0.2, -0.15) is 4.98 Å². The lowest BCUT2D eigenvalue weighted by Crippen LogP contribution is -2.17. The van der Waals surface area contributed by atoms with Gasteiger partial charge >= 0.3 is 0 Å². The Kier molecular flexibility index (Phi) is 4.63. The third-order valence-corrected chi connectivity index (χ3v) is 3.38. The highest BCUT2D eigenvalue weighted by atomic mass is 16.5. The van der Waals surface area contributed by atoms with Crippen LogP contribution < -0.4 is 4.74 Å². The quantitative estimate of drug-likeness (QED) is 0.697. The van der Waals surface area contributed by atoms with Crippen LogP contribution in [0.4, 0.5) is 0 Å². The van der Waals surface area contributed by atoms with E-state index in [1.165, 1.54) is 5.56 Å². The highest BCUT2D eigenvalue weighted by Crippen LogP contribution is 2.16. The summed E-state index contributed by atoms with van der Waals surface area (Å²) in [7, 11) is 3.68. The maximum Gasteiger partial charge on any atom is 0.241 e. The lowest BCUT2D eigenvalue weighted by molar-refractivity contribution is 0.260. The van der Waals surface area contributed by atoms with Crippen LogP contribution >= 0.6 is 0 Å². The standard InChI is InChI=1S/C17H18N4O2/c1-21(11-13-5-3-7-15(9-13)22-2)12-16-19-17(20-23-16)14-6-4-8-18-10-14/h3-10H,11-12H2,1-2H3. The first-order valence-corrected chi connectivity index (χ1v) is 7.29. The monoisotopic (exact) mass is 310 g/mol. The summed E-state index contributed by atoms with van der Waals surface area (Å²) in [5, 5.41) is 4.00. The molecule has 23 heavy (non-hydrogen) atoms. The van der Waals surface area contributed by atoms with Gasteiger partial charge in [-0.1, -0.05) is 17.3 Å². The Bertz CT molecular complexity index is 758. The molecule has 0 N–H and O–H groups in total. The topological polar surface area (TPSA) is 64.3 Å². The largest absolute Gasteiger partial charge is 0.497 e. The Morgan fingerprint density at radius 1 is 1.17 bits per heavy atom. The third kappa shape index (κ3) is 3.92. The smallest absolute Gasteiger partial charge is 0.241 e. The summed E-state index contributed by atoms with van der Waals surface area (Å²) in [6, 6.07) is 11.7. The summed E-state index contributed by atoms with van der Waals surface area (Å²) in [6.07, 6.45) is 3.43. The van der Waals surface area contributed by atoms with E-state index < -0.39 is 0 Å². The first-order valence-electron chi connectivity index (χ1n) is 7.29. The minimum Gasteiger partial charge on any atom is -0.497 e. The summed E-state index contributed by atoms with van der Waals surface area (Å²) in [6.45, 7) is 1.34. The lowest BCUT2D eigenvalue weighted by Gasteiger charge is -2.14. The molecule has 0 aliphatic rings. The second-order valence-corrected chi connectivity index (χ2v) is 5.28. The van der Waals surface area contributed by atoms with Crippen molar-refractivity contribution in [1.82, 2.24) is 20.0 Å². The Morgan fingerprint density at radius 2 is 2.09 bits per heavy atom. The molecular formula is C17H18N4O2. The Labute approximate surface area is 134 Å². The van der Waals surface area contributed by atoms with Crippen molar-refractivity contribution in [2.75, 3.05) is 14.2 Å². The molecule has 0 saturated carbocycles. The van der Waals surface area contributed by atoms with E-state index >= 15 is 0 Å². The molecule has 0 spiro atoms. The molecule has 6 nitrogen and oxygen atoms in total. The van der Waals surface area contributed by atoms with Crippen molar-refractivity contribution in [3.8, 4) is 17.1 Å². The average molecular weight is 310 g/mol. The van der Waals surface area contributed by atoms with Crippen LogP contribution in [-0.2, 0) is 13.1 Å². The fourth-order valence-electron chi connectivity index (χ4n) is 2.30. The maximum atomic E-state index is 5.32. The summed E-state index contributed by atoms with van der Waals surface area (Å²) in [5.74, 6) is 1.99. The van der Waals surface area contributed by atoms with Gasteiger partial charge in [0.25, 0.3) is 0 Å². The van der Waals surface area contributed by atoms with Crippen LogP contribution in [0.15, 0.2) is 53.3 Å². The summed E-state index contributed by atoms with van der Waals surface area (Å²) in [4.78, 5) is 10.6. The molecule has 0 amide bonds. The van der Waals surface area contributed by atoms with Crippen LogP contribution in [0.25, 0.3) is 11.4 Å². The molecule has 6 heteroatoms. The maximum absolute atomic E-state index is 5.32. The van der Waals surface area contributed by atoms with Gasteiger partial charge < -0.3 is 9.26 Å². The van der Waals surface area contributed by atoms with Gasteiger partial charge in [-0.3, -0.25) is 9.88 Å². The molecule has 0 radical (unpaired) electrons. The van der Waals surface area contributed by atoms with Crippen LogP contribution in [0.2, 0.25) is 0 Å². The van der Waals surface area contributed by atoms with Crippen molar-refractivity contribution < 1.29 is 9.26 Å². The number of ether oxygens (including phenoxy) is 1. The van der Waals surface area contributed by atoms with Crippen molar-refractivity contribution in [2.24, 2.45) is 0 Å². The van der Waals surface area contributed by atoms with Gasteiger partial charge in [-0.15, -0.1) is 0 Å². The minimum absolute atomic E-state index is 0.558. The first-order chi connectivity index (χ1) is 11.2. The van der Waals surface area contributed by atoms with Gasteiger partial charge in [-0.25, -0.2) is 0 Å². The fraction of sp³-hybridized carbons (Fsp3) is 0.235. The number of rotatable bonds is 6. The predicted octanol–water partition coefficient (Wildman–Crippen LogP) is 2.77. The molecule has 0 bridgehead atoms. The molecule has 3 aromatic rings. The van der Waals surface area contributed by atoms with Crippen molar-refractivity contribution in [3.05, 3.63) is 60.2 Å². The molecule has 118 valence electrons. The first kappa shape index (κ1) is 15.2. The molecule has 0 saturated heterocycles. The van der Waals surface area contributed by atoms with Crippen molar-refractivity contribution >= 4 is 0 Å². The second-order valence-electron chi connectivity index (χ2n) is 5.28. The van der Waals surface area contributed by atoms with E-state index in [0.717, 1.165) is 17.9 Å². The lowest BCUT2D eigenvalue weighted by atomic mass is 10.2. The van der Waals surface area contributed by atoms with Crippen LogP contribution in [0.1, 0.15) is 11.5 Å². The number of benzene rings is 1. The Hall–Kier alpha value is -2.73. The van der Waals surface area contributed by atoms with Crippen LogP contribution in [0.3, 0.4) is 0 Å². The van der Waals surface area contributed by atoms with Gasteiger partial charge in [0.2, 0.25) is 11.7 Å². The van der Waals surface area contributed by atoms with E-state index in [1.807, 2.05) is 37.4 Å². The van der Waals surface area contributed by atoms with Gasteiger partial charge in [0.1, 0.15) is 5.75 Å². The predicted molar refractivity (Wildman–Crippen MR) is 85.7 cm³/mol. The third-order valence-electron chi connectivity index (χ3n) is 3.38. The van der Waals surface area contributed by atoms with Crippen LogP contribution in [0.5, 0.6) is 5.75 Å². The van der Waals surface area contributed by atoms with Crippen molar-refractivity contribution in [1.29, 1.82) is 0 Å². The summed E-state index contributed by atoms with van der Waals surface area (Å²) < 4.78 is 10.6. The van der Waals surface area contributed by atoms with Gasteiger partial charge in [0, 0.05) is 24.5 Å². The minimum atomic E-state index is 0.558. The number of pyridine rings is 1. The molecule has 1 aromatic carbocycles. The zero-order valence-corrected chi connectivity index (χ0v) is 13.1. The normalized spacial score (nSPS) is 10.9. The highest BCUT2D eigenvalue weighted by molar-refractivity contribution is 5.51. The molecule has 0 aliphatic carbocycles. The highest BCUT2D eigenvalue weighted by Gasteiger charge is 2.11. The number of nitrogens with zero attached hydrogens (tertiary/aromatic N) is 4. The Morgan fingerprint density at radius 3 is 2.87 bits per heavy atom. The molecule has 2 heterocycles. The van der Waals surface area contributed by atoms with Crippen LogP contribution in [0, 0.1) is 0 Å². The molecular weight excluding hydrogens is 292 g/mol. The SMILES string of the molecule is COc1cccc(CN(C)Cc2nc(-c3cccnc3)no2)c1. The van der Waals surface area contributed by atoms with Crippen LogP contribution in [-0.4, -0.2) is 34.2 Å². The van der Waals surface area contributed by atoms with E-state index in [1.54, 1.807) is 19.5 Å². The van der Waals surface area contributed by atoms with E-state index in [9.17, 15) is 0 Å². The van der Waals surface area contributed by atoms with Crippen molar-refractivity contribution in [3.63, 3.8) is 0 Å². The van der Waals surface area contributed by atoms with E-state index in [2.05, 4.69) is 26.1 Å². The van der Waals surface area contributed by atoms with Gasteiger partial charge in [-0.05, 0) is 36.9 Å². The number of hydrogen-bond acceptors (Lipinski definition) is 6. The zero-order valence-electron chi connectivity index (χ0n) is 13.1. The molecule has 0 unspecified atom stereocenters. The Balaban J connectivity index is 1.64. The molecule has 3 rings (SSSR count). The van der Waals surface area contributed by atoms with E-state index in [-0.39, 0.29) is 0 Å².